The molecule has 1 aliphatic rings. The molecule has 0 unspecified atom stereocenters. The van der Waals surface area contributed by atoms with Gasteiger partial charge in [0.2, 0.25) is 0 Å². The maximum atomic E-state index is 12.3. The molecule has 0 aliphatic heterocycles. The third kappa shape index (κ3) is 2.48. The van der Waals surface area contributed by atoms with Gasteiger partial charge in [-0.05, 0) is 30.0 Å². The third-order valence-corrected chi connectivity index (χ3v) is 3.89. The molecule has 1 N–H and O–H groups in total. The van der Waals surface area contributed by atoms with E-state index in [2.05, 4.69) is 19.2 Å². The van der Waals surface area contributed by atoms with Crippen LogP contribution in [-0.4, -0.2) is 5.91 Å². The van der Waals surface area contributed by atoms with Gasteiger partial charge in [0, 0.05) is 17.5 Å². The van der Waals surface area contributed by atoms with Crippen LogP contribution in [0.4, 0.5) is 0 Å². The Hall–Kier alpha value is -2.03. The first kappa shape index (κ1) is 13.0. The first-order chi connectivity index (χ1) is 9.55. The summed E-state index contributed by atoms with van der Waals surface area (Å²) in [6.07, 6.45) is 3.57. The molecular formula is C17H19NO2. The Morgan fingerprint density at radius 1 is 1.25 bits per heavy atom. The van der Waals surface area contributed by atoms with E-state index in [-0.39, 0.29) is 17.4 Å². The van der Waals surface area contributed by atoms with Crippen molar-refractivity contribution in [3.8, 4) is 0 Å². The molecule has 104 valence electrons. The highest BCUT2D eigenvalue weighted by Gasteiger charge is 2.34. The maximum absolute atomic E-state index is 12.3. The van der Waals surface area contributed by atoms with Crippen LogP contribution in [0.15, 0.2) is 47.1 Å². The third-order valence-electron chi connectivity index (χ3n) is 3.89. The predicted molar refractivity (Wildman–Crippen MR) is 77.5 cm³/mol. The van der Waals surface area contributed by atoms with Crippen LogP contribution in [0.5, 0.6) is 0 Å². The Labute approximate surface area is 119 Å². The summed E-state index contributed by atoms with van der Waals surface area (Å²) in [4.78, 5) is 12.3. The van der Waals surface area contributed by atoms with E-state index in [0.717, 1.165) is 24.2 Å². The standard InChI is InChI=1S/C17H19NO2/c1-17(2)10-14(13-8-9-20-15(13)11-17)18-16(19)12-6-4-3-5-7-12/h3-9,14H,10-11H2,1-2H3,(H,18,19)/t14-/m0/s1. The van der Waals surface area contributed by atoms with Gasteiger partial charge in [0.05, 0.1) is 12.3 Å². The molecule has 3 nitrogen and oxygen atoms in total. The molecule has 1 aromatic heterocycles. The van der Waals surface area contributed by atoms with Crippen molar-refractivity contribution in [1.82, 2.24) is 5.32 Å². The molecule has 0 saturated heterocycles. The smallest absolute Gasteiger partial charge is 0.251 e. The fourth-order valence-electron chi connectivity index (χ4n) is 2.93. The molecule has 1 amide bonds. The van der Waals surface area contributed by atoms with E-state index in [0.29, 0.717) is 5.56 Å². The van der Waals surface area contributed by atoms with Gasteiger partial charge in [0.15, 0.2) is 0 Å². The van der Waals surface area contributed by atoms with Crippen LogP contribution in [0.25, 0.3) is 0 Å². The van der Waals surface area contributed by atoms with Gasteiger partial charge >= 0.3 is 0 Å². The van der Waals surface area contributed by atoms with Crippen molar-refractivity contribution in [2.75, 3.05) is 0 Å². The van der Waals surface area contributed by atoms with Crippen molar-refractivity contribution >= 4 is 5.91 Å². The molecule has 0 bridgehead atoms. The second-order valence-electron chi connectivity index (χ2n) is 6.24. The molecule has 0 radical (unpaired) electrons. The minimum Gasteiger partial charge on any atom is -0.469 e. The zero-order valence-electron chi connectivity index (χ0n) is 11.8. The van der Waals surface area contributed by atoms with Crippen LogP contribution in [-0.2, 0) is 6.42 Å². The number of hydrogen-bond donors (Lipinski definition) is 1. The molecule has 0 spiro atoms. The minimum absolute atomic E-state index is 0.0274. The average molecular weight is 269 g/mol. The van der Waals surface area contributed by atoms with Crippen LogP contribution in [0.3, 0.4) is 0 Å². The van der Waals surface area contributed by atoms with Gasteiger partial charge in [-0.1, -0.05) is 32.0 Å². The van der Waals surface area contributed by atoms with E-state index in [1.54, 1.807) is 6.26 Å². The molecule has 3 heteroatoms. The largest absolute Gasteiger partial charge is 0.469 e. The lowest BCUT2D eigenvalue weighted by atomic mass is 9.74. The summed E-state index contributed by atoms with van der Waals surface area (Å²) in [6.45, 7) is 4.42. The fraction of sp³-hybridized carbons (Fsp3) is 0.353. The summed E-state index contributed by atoms with van der Waals surface area (Å²) in [7, 11) is 0. The number of benzene rings is 1. The zero-order chi connectivity index (χ0) is 14.2. The molecule has 2 aromatic rings. The Kier molecular flexibility index (Phi) is 3.13. The van der Waals surface area contributed by atoms with Crippen LogP contribution in [0, 0.1) is 5.41 Å². The highest BCUT2D eigenvalue weighted by atomic mass is 16.3. The second-order valence-corrected chi connectivity index (χ2v) is 6.24. The van der Waals surface area contributed by atoms with Crippen LogP contribution < -0.4 is 5.32 Å². The monoisotopic (exact) mass is 269 g/mol. The quantitative estimate of drug-likeness (QED) is 0.902. The molecule has 1 aromatic carbocycles. The number of amides is 1. The SMILES string of the molecule is CC1(C)Cc2occc2[C@@H](NC(=O)c2ccccc2)C1. The van der Waals surface area contributed by atoms with Gasteiger partial charge in [-0.25, -0.2) is 0 Å². The summed E-state index contributed by atoms with van der Waals surface area (Å²) >= 11 is 0. The van der Waals surface area contributed by atoms with Crippen molar-refractivity contribution in [2.45, 2.75) is 32.7 Å². The molecular weight excluding hydrogens is 250 g/mol. The van der Waals surface area contributed by atoms with Crippen molar-refractivity contribution in [3.05, 3.63) is 59.5 Å². The van der Waals surface area contributed by atoms with E-state index in [1.165, 1.54) is 0 Å². The minimum atomic E-state index is -0.0274. The lowest BCUT2D eigenvalue weighted by Crippen LogP contribution is -2.36. The normalized spacial score (nSPS) is 20.2. The number of furan rings is 1. The molecule has 20 heavy (non-hydrogen) atoms. The van der Waals surface area contributed by atoms with Gasteiger partial charge in [-0.2, -0.15) is 0 Å². The van der Waals surface area contributed by atoms with Gasteiger partial charge < -0.3 is 9.73 Å². The van der Waals surface area contributed by atoms with Gasteiger partial charge in [-0.15, -0.1) is 0 Å². The van der Waals surface area contributed by atoms with Gasteiger partial charge in [0.1, 0.15) is 5.76 Å². The van der Waals surface area contributed by atoms with Gasteiger partial charge in [0.25, 0.3) is 5.91 Å². The summed E-state index contributed by atoms with van der Waals surface area (Å²) in [5, 5.41) is 3.13. The number of fused-ring (bicyclic) bond motifs is 1. The first-order valence-electron chi connectivity index (χ1n) is 6.97. The van der Waals surface area contributed by atoms with Crippen molar-refractivity contribution in [1.29, 1.82) is 0 Å². The Balaban J connectivity index is 1.83. The zero-order valence-corrected chi connectivity index (χ0v) is 11.8. The topological polar surface area (TPSA) is 42.2 Å². The van der Waals surface area contributed by atoms with Gasteiger partial charge in [-0.3, -0.25) is 4.79 Å². The number of nitrogens with one attached hydrogen (secondary N) is 1. The second kappa shape index (κ2) is 4.82. The maximum Gasteiger partial charge on any atom is 0.251 e. The predicted octanol–water partition coefficient (Wildman–Crippen LogP) is 3.72. The lowest BCUT2D eigenvalue weighted by molar-refractivity contribution is 0.0917. The van der Waals surface area contributed by atoms with E-state index in [4.69, 9.17) is 4.42 Å². The summed E-state index contributed by atoms with van der Waals surface area (Å²) in [6, 6.07) is 11.3. The van der Waals surface area contributed by atoms with E-state index < -0.39 is 0 Å². The Morgan fingerprint density at radius 2 is 2.00 bits per heavy atom. The van der Waals surface area contributed by atoms with E-state index in [1.807, 2.05) is 36.4 Å². The van der Waals surface area contributed by atoms with Crippen molar-refractivity contribution in [3.63, 3.8) is 0 Å². The number of carbonyl (C=O) groups excluding carboxylic acids is 1. The van der Waals surface area contributed by atoms with E-state index >= 15 is 0 Å². The van der Waals surface area contributed by atoms with Crippen LogP contribution in [0.1, 0.15) is 48.0 Å². The lowest BCUT2D eigenvalue weighted by Gasteiger charge is -2.34. The molecule has 0 saturated carbocycles. The van der Waals surface area contributed by atoms with Crippen molar-refractivity contribution in [2.24, 2.45) is 5.41 Å². The van der Waals surface area contributed by atoms with Crippen molar-refractivity contribution < 1.29 is 9.21 Å². The molecule has 1 atom stereocenters. The molecule has 0 fully saturated rings. The highest BCUT2D eigenvalue weighted by Crippen LogP contribution is 2.41. The van der Waals surface area contributed by atoms with Crippen LogP contribution >= 0.6 is 0 Å². The Morgan fingerprint density at radius 3 is 2.75 bits per heavy atom. The van der Waals surface area contributed by atoms with E-state index in [9.17, 15) is 4.79 Å². The number of rotatable bonds is 2. The summed E-state index contributed by atoms with van der Waals surface area (Å²) in [5.74, 6) is 0.972. The number of hydrogen-bond acceptors (Lipinski definition) is 2. The van der Waals surface area contributed by atoms with Crippen LogP contribution in [0.2, 0.25) is 0 Å². The summed E-state index contributed by atoms with van der Waals surface area (Å²) < 4.78 is 5.56. The molecule has 1 heterocycles. The highest BCUT2D eigenvalue weighted by molar-refractivity contribution is 5.94. The average Bonchev–Trinajstić information content (AvgIpc) is 2.86. The first-order valence-corrected chi connectivity index (χ1v) is 6.97. The summed E-state index contributed by atoms with van der Waals surface area (Å²) in [5.41, 5.74) is 1.95. The fourth-order valence-corrected chi connectivity index (χ4v) is 2.93. The molecule has 1 aliphatic carbocycles. The number of carbonyl (C=O) groups is 1. The Bertz CT molecular complexity index is 613. The molecule has 3 rings (SSSR count).